The zero-order chi connectivity index (χ0) is 24.0. The fraction of sp³-hybridized carbons (Fsp3) is 0.818. The number of nitrogens with zero attached hydrogens (tertiary/aromatic N) is 5. The zero-order valence-corrected chi connectivity index (χ0v) is 20.4. The number of hydrogen-bond acceptors (Lipinski definition) is 2. The molecule has 0 saturated carbocycles. The molecule has 0 bridgehead atoms. The van der Waals surface area contributed by atoms with Crippen LogP contribution in [0.2, 0.25) is 0 Å². The molecule has 0 unspecified atom stereocenters. The molecule has 10 heteroatoms. The third-order valence-electron chi connectivity index (χ3n) is 4.97. The second kappa shape index (κ2) is 20.4. The van der Waals surface area contributed by atoms with E-state index in [-0.39, 0.29) is 17.9 Å². The van der Waals surface area contributed by atoms with Gasteiger partial charge in [-0.1, -0.05) is 65.2 Å². The van der Waals surface area contributed by atoms with E-state index in [0.29, 0.717) is 19.0 Å². The van der Waals surface area contributed by atoms with Crippen molar-refractivity contribution in [3.63, 3.8) is 0 Å². The lowest BCUT2D eigenvalue weighted by Crippen LogP contribution is -2.40. The van der Waals surface area contributed by atoms with Gasteiger partial charge in [-0.25, -0.2) is 0 Å². The van der Waals surface area contributed by atoms with E-state index in [1.165, 1.54) is 38.5 Å². The summed E-state index contributed by atoms with van der Waals surface area (Å²) in [6.45, 7) is 7.51. The number of nitrogens with two attached hydrogens (primary N) is 5. The van der Waals surface area contributed by atoms with Crippen LogP contribution >= 0.6 is 0 Å². The maximum atomic E-state index is 6.26. The molecule has 10 nitrogen and oxygen atoms in total. The van der Waals surface area contributed by atoms with Crippen molar-refractivity contribution < 1.29 is 0 Å². The summed E-state index contributed by atoms with van der Waals surface area (Å²) < 4.78 is 0. The number of guanidine groups is 4. The van der Waals surface area contributed by atoms with E-state index >= 15 is 0 Å². The number of unbranched alkanes of at least 4 members (excludes halogenated alkanes) is 9. The topological polar surface area (TPSA) is 183 Å². The standard InChI is InChI=1S/C22H48N10/c1-3-5-7-13-17-32(18-14-8-6-4-2)22(27)31-21(26)29-16-12-10-9-11-15-28-20(25)30-19(23)24/h3-18H2,1-2H3,(H4,26,27,29,31)(H6,23,24,25,28,30). The van der Waals surface area contributed by atoms with E-state index in [4.69, 9.17) is 28.7 Å². The van der Waals surface area contributed by atoms with Gasteiger partial charge in [0.2, 0.25) is 11.9 Å². The number of hydrogen-bond donors (Lipinski definition) is 5. The van der Waals surface area contributed by atoms with Crippen LogP contribution in [0.15, 0.2) is 20.0 Å². The average molecular weight is 453 g/mol. The Hall–Kier alpha value is -2.52. The predicted molar refractivity (Wildman–Crippen MR) is 139 cm³/mol. The van der Waals surface area contributed by atoms with Gasteiger partial charge in [-0.3, -0.25) is 9.98 Å². The van der Waals surface area contributed by atoms with Gasteiger partial charge in [0.05, 0.1) is 0 Å². The second-order valence-electron chi connectivity index (χ2n) is 8.01. The molecular weight excluding hydrogens is 404 g/mol. The summed E-state index contributed by atoms with van der Waals surface area (Å²) in [5, 5.41) is 0. The summed E-state index contributed by atoms with van der Waals surface area (Å²) >= 11 is 0. The van der Waals surface area contributed by atoms with E-state index in [2.05, 4.69) is 38.7 Å². The van der Waals surface area contributed by atoms with Crippen molar-refractivity contribution in [1.29, 1.82) is 0 Å². The first kappa shape index (κ1) is 29.5. The Morgan fingerprint density at radius 2 is 1.00 bits per heavy atom. The van der Waals surface area contributed by atoms with Crippen molar-refractivity contribution in [3.8, 4) is 0 Å². The summed E-state index contributed by atoms with van der Waals surface area (Å²) in [6, 6.07) is 0. The normalized spacial score (nSPS) is 12.8. The van der Waals surface area contributed by atoms with Crippen LogP contribution in [0.1, 0.15) is 90.9 Å². The fourth-order valence-corrected chi connectivity index (χ4v) is 3.16. The lowest BCUT2D eigenvalue weighted by Gasteiger charge is -2.23. The molecule has 0 amide bonds. The largest absolute Gasteiger partial charge is 0.370 e. The molecular formula is C22H48N10. The van der Waals surface area contributed by atoms with Crippen LogP contribution in [0.25, 0.3) is 0 Å². The predicted octanol–water partition coefficient (Wildman–Crippen LogP) is 2.23. The lowest BCUT2D eigenvalue weighted by molar-refractivity contribution is 0.383. The van der Waals surface area contributed by atoms with Crippen LogP contribution in [-0.2, 0) is 0 Å². The summed E-state index contributed by atoms with van der Waals surface area (Å²) in [5.74, 6) is 0.767. The fourth-order valence-electron chi connectivity index (χ4n) is 3.16. The van der Waals surface area contributed by atoms with Crippen molar-refractivity contribution >= 4 is 23.8 Å². The van der Waals surface area contributed by atoms with Crippen molar-refractivity contribution in [2.45, 2.75) is 90.9 Å². The molecule has 0 aliphatic heterocycles. The molecule has 0 atom stereocenters. The Labute approximate surface area is 194 Å². The molecule has 10 N–H and O–H groups in total. The van der Waals surface area contributed by atoms with E-state index in [1.54, 1.807) is 0 Å². The average Bonchev–Trinajstić information content (AvgIpc) is 2.73. The Morgan fingerprint density at radius 3 is 1.44 bits per heavy atom. The summed E-state index contributed by atoms with van der Waals surface area (Å²) in [4.78, 5) is 18.6. The summed E-state index contributed by atoms with van der Waals surface area (Å²) in [5.41, 5.74) is 28.3. The minimum atomic E-state index is -0.0823. The molecule has 186 valence electrons. The highest BCUT2D eigenvalue weighted by atomic mass is 15.3. The van der Waals surface area contributed by atoms with Gasteiger partial charge < -0.3 is 33.6 Å². The third kappa shape index (κ3) is 18.3. The molecule has 0 fully saturated rings. The highest BCUT2D eigenvalue weighted by Crippen LogP contribution is 2.06. The van der Waals surface area contributed by atoms with Crippen molar-refractivity contribution in [2.75, 3.05) is 26.2 Å². The van der Waals surface area contributed by atoms with Crippen LogP contribution in [0.5, 0.6) is 0 Å². The van der Waals surface area contributed by atoms with Crippen LogP contribution < -0.4 is 28.7 Å². The molecule has 0 rings (SSSR count). The van der Waals surface area contributed by atoms with Gasteiger partial charge in [0.1, 0.15) is 0 Å². The first-order valence-corrected chi connectivity index (χ1v) is 12.2. The van der Waals surface area contributed by atoms with Gasteiger partial charge in [-0.05, 0) is 25.7 Å². The number of rotatable bonds is 17. The molecule has 0 saturated heterocycles. The van der Waals surface area contributed by atoms with Gasteiger partial charge in [-0.15, -0.1) is 0 Å². The minimum Gasteiger partial charge on any atom is -0.370 e. The van der Waals surface area contributed by atoms with Crippen LogP contribution in [0.3, 0.4) is 0 Å². The first-order chi connectivity index (χ1) is 15.4. The SMILES string of the molecule is CCCCCCN(CCCCCC)C(N)=NC(N)=NCCCCCCN=C(N)N=C(N)N. The zero-order valence-electron chi connectivity index (χ0n) is 20.4. The molecule has 0 aromatic carbocycles. The molecule has 0 aromatic heterocycles. The molecule has 32 heavy (non-hydrogen) atoms. The van der Waals surface area contributed by atoms with Crippen molar-refractivity contribution in [2.24, 2.45) is 48.6 Å². The monoisotopic (exact) mass is 452 g/mol. The van der Waals surface area contributed by atoms with E-state index < -0.39 is 0 Å². The summed E-state index contributed by atoms with van der Waals surface area (Å²) in [7, 11) is 0. The molecule has 0 spiro atoms. The first-order valence-electron chi connectivity index (χ1n) is 12.2. The Morgan fingerprint density at radius 1 is 0.562 bits per heavy atom. The van der Waals surface area contributed by atoms with Gasteiger partial charge in [-0.2, -0.15) is 9.98 Å². The van der Waals surface area contributed by atoms with Crippen LogP contribution in [0, 0.1) is 0 Å². The highest BCUT2D eigenvalue weighted by Gasteiger charge is 2.08. The Bertz CT molecular complexity index is 567. The maximum absolute atomic E-state index is 6.26. The van der Waals surface area contributed by atoms with E-state index in [1.807, 2.05) is 0 Å². The van der Waals surface area contributed by atoms with Crippen LogP contribution in [-0.4, -0.2) is 54.9 Å². The molecule has 0 heterocycles. The van der Waals surface area contributed by atoms with Gasteiger partial charge >= 0.3 is 0 Å². The molecule has 0 aliphatic carbocycles. The lowest BCUT2D eigenvalue weighted by atomic mass is 10.2. The molecule has 0 aromatic rings. The highest BCUT2D eigenvalue weighted by molar-refractivity contribution is 5.93. The van der Waals surface area contributed by atoms with Crippen molar-refractivity contribution in [1.82, 2.24) is 4.90 Å². The number of aliphatic imine (C=N–C) groups is 4. The van der Waals surface area contributed by atoms with E-state index in [9.17, 15) is 0 Å². The maximum Gasteiger partial charge on any atom is 0.218 e. The third-order valence-corrected chi connectivity index (χ3v) is 4.97. The Kier molecular flexibility index (Phi) is 18.8. The molecule has 0 radical (unpaired) electrons. The van der Waals surface area contributed by atoms with Gasteiger partial charge in [0, 0.05) is 26.2 Å². The van der Waals surface area contributed by atoms with Crippen molar-refractivity contribution in [3.05, 3.63) is 0 Å². The van der Waals surface area contributed by atoms with Crippen LogP contribution in [0.4, 0.5) is 0 Å². The quantitative estimate of drug-likeness (QED) is 0.128. The second-order valence-corrected chi connectivity index (χ2v) is 8.01. The van der Waals surface area contributed by atoms with Gasteiger partial charge in [0.25, 0.3) is 0 Å². The molecule has 0 aliphatic rings. The smallest absolute Gasteiger partial charge is 0.218 e. The van der Waals surface area contributed by atoms with Gasteiger partial charge in [0.15, 0.2) is 11.9 Å². The Balaban J connectivity index is 4.35. The summed E-state index contributed by atoms with van der Waals surface area (Å²) in [6.07, 6.45) is 13.5. The van der Waals surface area contributed by atoms with E-state index in [0.717, 1.165) is 51.6 Å². The minimum absolute atomic E-state index is 0.0823.